The van der Waals surface area contributed by atoms with Crippen molar-refractivity contribution in [2.75, 3.05) is 11.5 Å². The maximum Gasteiger partial charge on any atom is 1.00 e. The van der Waals surface area contributed by atoms with E-state index in [9.17, 15) is 5.26 Å². The minimum Gasteiger partial charge on any atom is -0.691 e. The van der Waals surface area contributed by atoms with Crippen molar-refractivity contribution in [3.8, 4) is 0 Å². The van der Waals surface area contributed by atoms with Gasteiger partial charge in [0, 0.05) is 42.5 Å². The summed E-state index contributed by atoms with van der Waals surface area (Å²) < 4.78 is 8.71. The Morgan fingerprint density at radius 1 is 1.25 bits per heavy atom. The molecule has 24 heavy (non-hydrogen) atoms. The third-order valence-corrected chi connectivity index (χ3v) is 5.05. The quantitative estimate of drug-likeness (QED) is 0.138. The van der Waals surface area contributed by atoms with E-state index in [1.807, 2.05) is 6.20 Å². The van der Waals surface area contributed by atoms with Crippen molar-refractivity contribution in [1.82, 2.24) is 14.1 Å². The van der Waals surface area contributed by atoms with Crippen LogP contribution in [0.4, 0.5) is 0 Å². The fourth-order valence-corrected chi connectivity index (χ4v) is 3.90. The molecule has 1 aromatic carbocycles. The topological polar surface area (TPSA) is 64.3 Å². The number of hydrogen-bond donors (Lipinski definition) is 0. The van der Waals surface area contributed by atoms with Crippen LogP contribution in [0.2, 0.25) is 0 Å². The molecule has 0 unspecified atom stereocenters. The third-order valence-electron chi connectivity index (χ3n) is 3.69. The minimum absolute atomic E-state index is 0. The van der Waals surface area contributed by atoms with Crippen LogP contribution in [0.3, 0.4) is 0 Å². The van der Waals surface area contributed by atoms with Crippen LogP contribution in [0.1, 0.15) is 13.8 Å². The second-order valence-corrected chi connectivity index (χ2v) is 6.95. The van der Waals surface area contributed by atoms with Crippen molar-refractivity contribution in [3.05, 3.63) is 24.4 Å². The van der Waals surface area contributed by atoms with Crippen molar-refractivity contribution in [2.45, 2.75) is 32.1 Å². The van der Waals surface area contributed by atoms with Gasteiger partial charge in [0.15, 0.2) is 5.16 Å². The summed E-state index contributed by atoms with van der Waals surface area (Å²) >= 11 is 2.77. The van der Waals surface area contributed by atoms with Gasteiger partial charge in [0.2, 0.25) is 0 Å². The van der Waals surface area contributed by atoms with Crippen LogP contribution >= 0.6 is 23.8 Å². The summed E-state index contributed by atoms with van der Waals surface area (Å²) in [7, 11) is 0. The first kappa shape index (κ1) is 20.1. The van der Waals surface area contributed by atoms with E-state index in [4.69, 9.17) is 4.98 Å². The number of thioether (sulfide) groups is 1. The molecule has 0 aliphatic heterocycles. The molecule has 0 spiro atoms. The molecule has 0 saturated heterocycles. The molecule has 0 aliphatic carbocycles. The van der Waals surface area contributed by atoms with E-state index in [1.54, 1.807) is 11.8 Å². The number of aromatic nitrogens is 3. The largest absolute Gasteiger partial charge is 1.00 e. The molecule has 124 valence electrons. The number of fused-ring (bicyclic) bond motifs is 2. The summed E-state index contributed by atoms with van der Waals surface area (Å²) in [6.07, 6.45) is 2.04. The molecule has 2 aromatic heterocycles. The maximum atomic E-state index is 9.81. The molecule has 0 N–H and O–H groups in total. The molecule has 6 nitrogen and oxygen atoms in total. The first-order valence-corrected chi connectivity index (χ1v) is 9.38. The van der Waals surface area contributed by atoms with Gasteiger partial charge in [0.1, 0.15) is 0 Å². The number of benzene rings is 1. The maximum absolute atomic E-state index is 9.81. The van der Waals surface area contributed by atoms with Gasteiger partial charge < -0.3 is 14.4 Å². The summed E-state index contributed by atoms with van der Waals surface area (Å²) in [5.74, 6) is 1.64. The zero-order valence-electron chi connectivity index (χ0n) is 14.0. The van der Waals surface area contributed by atoms with Crippen molar-refractivity contribution in [2.24, 2.45) is 0 Å². The zero-order valence-corrected chi connectivity index (χ0v) is 17.7. The summed E-state index contributed by atoms with van der Waals surface area (Å²) in [5.41, 5.74) is 3.34. The molecule has 0 amide bonds. The summed E-state index contributed by atoms with van der Waals surface area (Å²) in [4.78, 5) is 4.76. The third kappa shape index (κ3) is 4.13. The van der Waals surface area contributed by atoms with Gasteiger partial charge in [-0.1, -0.05) is 18.7 Å². The van der Waals surface area contributed by atoms with Gasteiger partial charge in [-0.05, 0) is 30.9 Å². The SMILES string of the molecule is CCSc1nc2cc3ccn(CCSOO[O-])c3cc2n1CC.[Na+]. The average Bonchev–Trinajstić information content (AvgIpc) is 3.10. The van der Waals surface area contributed by atoms with Crippen LogP contribution in [-0.2, 0) is 22.5 Å². The minimum atomic E-state index is 0. The predicted octanol–water partition coefficient (Wildman–Crippen LogP) is -0.00140. The molecular weight excluding hydrogens is 357 g/mol. The van der Waals surface area contributed by atoms with Crippen molar-refractivity contribution >= 4 is 45.7 Å². The van der Waals surface area contributed by atoms with E-state index in [-0.39, 0.29) is 29.6 Å². The fourth-order valence-electron chi connectivity index (χ4n) is 2.72. The smallest absolute Gasteiger partial charge is 0.691 e. The van der Waals surface area contributed by atoms with Gasteiger partial charge in [-0.25, -0.2) is 4.98 Å². The molecule has 0 radical (unpaired) electrons. The summed E-state index contributed by atoms with van der Waals surface area (Å²) in [5, 5.41) is 15.4. The van der Waals surface area contributed by atoms with Gasteiger partial charge in [0.25, 0.3) is 0 Å². The van der Waals surface area contributed by atoms with E-state index in [1.165, 1.54) is 0 Å². The Morgan fingerprint density at radius 2 is 2.08 bits per heavy atom. The van der Waals surface area contributed by atoms with E-state index in [0.29, 0.717) is 5.75 Å². The standard InChI is InChI=1S/C15H19N3O3S2.Na/c1-3-18-14-10-13-11(9-12(14)16-15(18)22-4-2)5-6-17(13)7-8-23-21-20-19;/h5-6,9-10,19H,3-4,7-8H2,1-2H3;/q;+1/p-1. The predicted molar refractivity (Wildman–Crippen MR) is 91.9 cm³/mol. The molecule has 3 rings (SSSR count). The molecule has 0 aliphatic rings. The summed E-state index contributed by atoms with van der Waals surface area (Å²) in [6, 6.07) is 6.41. The van der Waals surface area contributed by atoms with Crippen LogP contribution < -0.4 is 34.8 Å². The van der Waals surface area contributed by atoms with Crippen molar-refractivity contribution < 1.29 is 44.2 Å². The Labute approximate surface area is 171 Å². The van der Waals surface area contributed by atoms with E-state index in [0.717, 1.165) is 58.0 Å². The van der Waals surface area contributed by atoms with Gasteiger partial charge in [0.05, 0.1) is 16.6 Å². The number of rotatable bonds is 8. The van der Waals surface area contributed by atoms with E-state index >= 15 is 0 Å². The molecule has 0 bridgehead atoms. The van der Waals surface area contributed by atoms with Gasteiger partial charge >= 0.3 is 29.6 Å². The Kier molecular flexibility index (Phi) is 7.96. The van der Waals surface area contributed by atoms with Gasteiger partial charge in [-0.3, -0.25) is 5.04 Å². The number of nitrogens with zero attached hydrogens (tertiary/aromatic N) is 3. The number of hydrogen-bond acceptors (Lipinski definition) is 6. The van der Waals surface area contributed by atoms with E-state index < -0.39 is 0 Å². The number of imidazole rings is 1. The fraction of sp³-hybridized carbons (Fsp3) is 0.400. The molecule has 9 heteroatoms. The van der Waals surface area contributed by atoms with Crippen LogP contribution in [-0.4, -0.2) is 25.6 Å². The first-order valence-electron chi connectivity index (χ1n) is 7.48. The van der Waals surface area contributed by atoms with Crippen LogP contribution in [0, 0.1) is 0 Å². The first-order chi connectivity index (χ1) is 11.3. The molecule has 0 saturated carbocycles. The Bertz CT molecular complexity index is 806. The monoisotopic (exact) mass is 375 g/mol. The van der Waals surface area contributed by atoms with Gasteiger partial charge in [-0.15, -0.1) is 0 Å². The zero-order chi connectivity index (χ0) is 16.2. The van der Waals surface area contributed by atoms with Crippen LogP contribution in [0.15, 0.2) is 29.6 Å². The Morgan fingerprint density at radius 3 is 2.79 bits per heavy atom. The Balaban J connectivity index is 0.00000208. The molecule has 2 heterocycles. The molecule has 0 atom stereocenters. The molecule has 0 fully saturated rings. The second kappa shape index (κ2) is 9.49. The second-order valence-electron chi connectivity index (χ2n) is 4.94. The van der Waals surface area contributed by atoms with Crippen LogP contribution in [0.5, 0.6) is 0 Å². The number of aryl methyl sites for hydroxylation is 2. The van der Waals surface area contributed by atoms with Gasteiger partial charge in [-0.2, -0.15) is 4.33 Å². The van der Waals surface area contributed by atoms with Crippen molar-refractivity contribution in [3.63, 3.8) is 0 Å². The Hall–Kier alpha value is -0.190. The molecular formula is C15H18N3NaO3S2. The van der Waals surface area contributed by atoms with Crippen molar-refractivity contribution in [1.29, 1.82) is 0 Å². The van der Waals surface area contributed by atoms with Crippen LogP contribution in [0.25, 0.3) is 21.9 Å². The van der Waals surface area contributed by atoms with E-state index in [2.05, 4.69) is 50.6 Å². The normalized spacial score (nSPS) is 11.3. The summed E-state index contributed by atoms with van der Waals surface area (Å²) in [6.45, 7) is 5.91. The average molecular weight is 375 g/mol. The molecule has 3 aromatic rings.